The fourth-order valence-electron chi connectivity index (χ4n) is 4.76. The van der Waals surface area contributed by atoms with Crippen molar-refractivity contribution in [2.45, 2.75) is 56.7 Å². The molecule has 24 heavy (non-hydrogen) atoms. The normalized spacial score (nSPS) is 32.0. The van der Waals surface area contributed by atoms with Crippen molar-refractivity contribution in [2.75, 3.05) is 13.1 Å². The third-order valence-electron chi connectivity index (χ3n) is 6.34. The summed E-state index contributed by atoms with van der Waals surface area (Å²) in [6.45, 7) is 3.19. The molecule has 4 heteroatoms. The average Bonchev–Trinajstić information content (AvgIpc) is 2.97. The van der Waals surface area contributed by atoms with Crippen molar-refractivity contribution in [1.82, 2.24) is 10.2 Å². The van der Waals surface area contributed by atoms with Gasteiger partial charge < -0.3 is 10.4 Å². The molecular formula is C20H28N2O2. The van der Waals surface area contributed by atoms with Gasteiger partial charge in [0, 0.05) is 25.7 Å². The molecule has 3 aliphatic rings. The van der Waals surface area contributed by atoms with Crippen LogP contribution in [0.1, 0.15) is 44.1 Å². The molecule has 0 spiro atoms. The summed E-state index contributed by atoms with van der Waals surface area (Å²) in [7, 11) is 0. The van der Waals surface area contributed by atoms with Crippen LogP contribution in [0.2, 0.25) is 0 Å². The summed E-state index contributed by atoms with van der Waals surface area (Å²) in [5, 5.41) is 13.5. The molecule has 3 fully saturated rings. The maximum Gasteiger partial charge on any atom is 0.252 e. The van der Waals surface area contributed by atoms with Crippen molar-refractivity contribution < 1.29 is 9.90 Å². The number of aliphatic hydroxyl groups is 1. The van der Waals surface area contributed by atoms with E-state index in [0.717, 1.165) is 32.5 Å². The standard InChI is InChI=1S/C20H28N2O2/c23-19(20(24)10-5-11-20)21-18-9-4-8-16-13-22(14-17(16)18)12-15-6-2-1-3-7-15/h1-3,6-7,16-18,24H,4-5,8-14H2,(H,21,23)/t16-,17+,18-/m1/s1. The Bertz CT molecular complexity index is 585. The van der Waals surface area contributed by atoms with Gasteiger partial charge in [-0.25, -0.2) is 0 Å². The summed E-state index contributed by atoms with van der Waals surface area (Å²) in [5.41, 5.74) is 0.287. The van der Waals surface area contributed by atoms with Crippen molar-refractivity contribution in [2.24, 2.45) is 11.8 Å². The van der Waals surface area contributed by atoms with Crippen molar-refractivity contribution >= 4 is 5.91 Å². The summed E-state index contributed by atoms with van der Waals surface area (Å²) in [4.78, 5) is 14.9. The van der Waals surface area contributed by atoms with Crippen molar-refractivity contribution in [3.05, 3.63) is 35.9 Å². The average molecular weight is 328 g/mol. The Hall–Kier alpha value is -1.39. The van der Waals surface area contributed by atoms with Gasteiger partial charge in [-0.2, -0.15) is 0 Å². The first kappa shape index (κ1) is 16.1. The van der Waals surface area contributed by atoms with E-state index < -0.39 is 5.60 Å². The number of likely N-dealkylation sites (tertiary alicyclic amines) is 1. The minimum atomic E-state index is -1.07. The van der Waals surface area contributed by atoms with Crippen LogP contribution in [0.3, 0.4) is 0 Å². The number of amides is 1. The largest absolute Gasteiger partial charge is 0.380 e. The van der Waals surface area contributed by atoms with Crippen LogP contribution in [0.25, 0.3) is 0 Å². The van der Waals surface area contributed by atoms with Gasteiger partial charge in [0.05, 0.1) is 0 Å². The molecule has 130 valence electrons. The topological polar surface area (TPSA) is 52.6 Å². The van der Waals surface area contributed by atoms with E-state index in [1.54, 1.807) is 0 Å². The molecule has 1 saturated heterocycles. The molecule has 1 aliphatic heterocycles. The summed E-state index contributed by atoms with van der Waals surface area (Å²) in [5.74, 6) is 1.10. The van der Waals surface area contributed by atoms with Crippen LogP contribution in [-0.4, -0.2) is 40.6 Å². The first-order chi connectivity index (χ1) is 11.6. The van der Waals surface area contributed by atoms with Gasteiger partial charge in [-0.15, -0.1) is 0 Å². The van der Waals surface area contributed by atoms with E-state index in [0.29, 0.717) is 24.7 Å². The monoisotopic (exact) mass is 328 g/mol. The van der Waals surface area contributed by atoms with Crippen LogP contribution in [-0.2, 0) is 11.3 Å². The van der Waals surface area contributed by atoms with Crippen LogP contribution >= 0.6 is 0 Å². The third kappa shape index (κ3) is 3.09. The molecule has 1 heterocycles. The molecule has 0 unspecified atom stereocenters. The molecule has 2 saturated carbocycles. The van der Waals surface area contributed by atoms with Gasteiger partial charge >= 0.3 is 0 Å². The second-order valence-electron chi connectivity index (χ2n) is 8.00. The molecule has 1 aromatic carbocycles. The van der Waals surface area contributed by atoms with E-state index in [1.165, 1.54) is 18.4 Å². The summed E-state index contributed by atoms with van der Waals surface area (Å²) in [6.07, 6.45) is 5.73. The highest BCUT2D eigenvalue weighted by atomic mass is 16.3. The Labute approximate surface area is 144 Å². The number of hydrogen-bond donors (Lipinski definition) is 2. The van der Waals surface area contributed by atoms with Gasteiger partial charge in [0.1, 0.15) is 5.60 Å². The summed E-state index contributed by atoms with van der Waals surface area (Å²) < 4.78 is 0. The number of benzene rings is 1. The quantitative estimate of drug-likeness (QED) is 0.892. The lowest BCUT2D eigenvalue weighted by atomic mass is 9.76. The summed E-state index contributed by atoms with van der Waals surface area (Å²) in [6, 6.07) is 10.9. The number of carbonyl (C=O) groups excluding carboxylic acids is 1. The first-order valence-electron chi connectivity index (χ1n) is 9.44. The zero-order valence-corrected chi connectivity index (χ0v) is 14.3. The number of hydrogen-bond acceptors (Lipinski definition) is 3. The van der Waals surface area contributed by atoms with Gasteiger partial charge in [-0.05, 0) is 49.5 Å². The zero-order chi connectivity index (χ0) is 16.6. The minimum Gasteiger partial charge on any atom is -0.380 e. The van der Waals surface area contributed by atoms with Crippen molar-refractivity contribution in [3.8, 4) is 0 Å². The van der Waals surface area contributed by atoms with Crippen LogP contribution in [0.15, 0.2) is 30.3 Å². The predicted octanol–water partition coefficient (Wildman–Crippen LogP) is 2.32. The van der Waals surface area contributed by atoms with E-state index in [2.05, 4.69) is 40.5 Å². The Morgan fingerprint density at radius 1 is 1.17 bits per heavy atom. The van der Waals surface area contributed by atoms with E-state index in [1.807, 2.05) is 0 Å². The molecule has 4 rings (SSSR count). The molecule has 1 aromatic rings. The molecule has 0 radical (unpaired) electrons. The fourth-order valence-corrected chi connectivity index (χ4v) is 4.76. The smallest absolute Gasteiger partial charge is 0.252 e. The lowest BCUT2D eigenvalue weighted by Crippen LogP contribution is -2.56. The fraction of sp³-hybridized carbons (Fsp3) is 0.650. The number of fused-ring (bicyclic) bond motifs is 1. The molecule has 4 nitrogen and oxygen atoms in total. The number of nitrogens with zero attached hydrogens (tertiary/aromatic N) is 1. The van der Waals surface area contributed by atoms with Crippen molar-refractivity contribution in [3.63, 3.8) is 0 Å². The Morgan fingerprint density at radius 2 is 1.96 bits per heavy atom. The van der Waals surface area contributed by atoms with Crippen molar-refractivity contribution in [1.29, 1.82) is 0 Å². The molecule has 3 atom stereocenters. The molecule has 2 aliphatic carbocycles. The van der Waals surface area contributed by atoms with E-state index in [9.17, 15) is 9.90 Å². The van der Waals surface area contributed by atoms with E-state index in [-0.39, 0.29) is 11.9 Å². The van der Waals surface area contributed by atoms with Gasteiger partial charge in [-0.1, -0.05) is 36.8 Å². The Kier molecular flexibility index (Phi) is 4.35. The highest BCUT2D eigenvalue weighted by molar-refractivity contribution is 5.86. The van der Waals surface area contributed by atoms with Gasteiger partial charge in [0.15, 0.2) is 0 Å². The van der Waals surface area contributed by atoms with E-state index >= 15 is 0 Å². The van der Waals surface area contributed by atoms with Crippen LogP contribution < -0.4 is 5.32 Å². The molecule has 2 N–H and O–H groups in total. The highest BCUT2D eigenvalue weighted by Crippen LogP contribution is 2.38. The maximum atomic E-state index is 12.4. The van der Waals surface area contributed by atoms with Gasteiger partial charge in [-0.3, -0.25) is 9.69 Å². The molecule has 0 aromatic heterocycles. The second kappa shape index (κ2) is 6.49. The van der Waals surface area contributed by atoms with E-state index in [4.69, 9.17) is 0 Å². The lowest BCUT2D eigenvalue weighted by molar-refractivity contribution is -0.150. The molecule has 1 amide bonds. The second-order valence-corrected chi connectivity index (χ2v) is 8.00. The maximum absolute atomic E-state index is 12.4. The number of carbonyl (C=O) groups is 1. The van der Waals surface area contributed by atoms with Crippen LogP contribution in [0, 0.1) is 11.8 Å². The summed E-state index contributed by atoms with van der Waals surface area (Å²) >= 11 is 0. The van der Waals surface area contributed by atoms with Crippen LogP contribution in [0.4, 0.5) is 0 Å². The molecule has 0 bridgehead atoms. The van der Waals surface area contributed by atoms with Gasteiger partial charge in [0.25, 0.3) is 5.91 Å². The first-order valence-corrected chi connectivity index (χ1v) is 9.44. The number of nitrogens with one attached hydrogen (secondary N) is 1. The third-order valence-corrected chi connectivity index (χ3v) is 6.34. The lowest BCUT2D eigenvalue weighted by Gasteiger charge is -2.39. The Morgan fingerprint density at radius 3 is 2.67 bits per heavy atom. The zero-order valence-electron chi connectivity index (χ0n) is 14.3. The Balaban J connectivity index is 1.38. The number of rotatable bonds is 4. The SMILES string of the molecule is O=C(N[C@@H]1CCC[C@@H]2CN(Cc3ccccc3)C[C@@H]21)C1(O)CCC1. The van der Waals surface area contributed by atoms with Crippen LogP contribution in [0.5, 0.6) is 0 Å². The van der Waals surface area contributed by atoms with Gasteiger partial charge in [0.2, 0.25) is 0 Å². The minimum absolute atomic E-state index is 0.124. The highest BCUT2D eigenvalue weighted by Gasteiger charge is 2.46. The predicted molar refractivity (Wildman–Crippen MR) is 93.3 cm³/mol. The molecular weight excluding hydrogens is 300 g/mol.